The lowest BCUT2D eigenvalue weighted by Gasteiger charge is -2.21. The molecule has 1 aliphatic carbocycles. The molecule has 1 unspecified atom stereocenters. The van der Waals surface area contributed by atoms with Crippen molar-refractivity contribution in [2.75, 3.05) is 0 Å². The van der Waals surface area contributed by atoms with Crippen molar-refractivity contribution in [3.05, 3.63) is 34.3 Å². The maximum atomic E-state index is 10.7. The van der Waals surface area contributed by atoms with Crippen LogP contribution in [0.3, 0.4) is 0 Å². The fraction of sp³-hybridized carbons (Fsp3) is 0.364. The molecule has 3 nitrogen and oxygen atoms in total. The molecule has 0 amide bonds. The number of benzene rings is 1. The molecule has 0 spiro atoms. The van der Waals surface area contributed by atoms with Crippen LogP contribution in [0.25, 0.3) is 0 Å². The molecule has 15 heavy (non-hydrogen) atoms. The van der Waals surface area contributed by atoms with Gasteiger partial charge in [0, 0.05) is 5.02 Å². The highest BCUT2D eigenvalue weighted by atomic mass is 35.5. The quantitative estimate of drug-likeness (QED) is 0.811. The molecule has 1 atom stereocenters. The number of aryl methyl sites for hydroxylation is 1. The Hall–Kier alpha value is -1.06. The predicted octanol–water partition coefficient (Wildman–Crippen LogP) is 1.95. The number of aliphatic carboxylic acids is 1. The van der Waals surface area contributed by atoms with Gasteiger partial charge in [-0.05, 0) is 36.1 Å². The zero-order valence-corrected chi connectivity index (χ0v) is 8.79. The fourth-order valence-corrected chi connectivity index (χ4v) is 2.33. The fourth-order valence-electron chi connectivity index (χ4n) is 2.13. The lowest BCUT2D eigenvalue weighted by molar-refractivity contribution is -0.142. The molecule has 2 rings (SSSR count). The van der Waals surface area contributed by atoms with Crippen LogP contribution in [0, 0.1) is 0 Å². The molecule has 80 valence electrons. The minimum Gasteiger partial charge on any atom is -0.481 e. The Labute approximate surface area is 92.3 Å². The number of fused-ring (bicyclic) bond motifs is 1. The van der Waals surface area contributed by atoms with Gasteiger partial charge in [0.1, 0.15) is 5.60 Å². The monoisotopic (exact) mass is 226 g/mol. The first-order valence-electron chi connectivity index (χ1n) is 4.74. The first-order valence-corrected chi connectivity index (χ1v) is 5.12. The lowest BCUT2D eigenvalue weighted by Crippen LogP contribution is -2.25. The second-order valence-electron chi connectivity index (χ2n) is 3.90. The van der Waals surface area contributed by atoms with Gasteiger partial charge in [0.25, 0.3) is 0 Å². The summed E-state index contributed by atoms with van der Waals surface area (Å²) in [5, 5.41) is 19.5. The van der Waals surface area contributed by atoms with Gasteiger partial charge < -0.3 is 10.2 Å². The van der Waals surface area contributed by atoms with E-state index in [9.17, 15) is 9.90 Å². The number of hydrogen-bond acceptors (Lipinski definition) is 2. The molecule has 0 aliphatic heterocycles. The van der Waals surface area contributed by atoms with E-state index in [0.717, 1.165) is 5.56 Å². The number of halogens is 1. The lowest BCUT2D eigenvalue weighted by atomic mass is 9.92. The van der Waals surface area contributed by atoms with E-state index in [-0.39, 0.29) is 6.42 Å². The number of hydrogen-bond donors (Lipinski definition) is 2. The van der Waals surface area contributed by atoms with Gasteiger partial charge in [-0.1, -0.05) is 17.7 Å². The average molecular weight is 227 g/mol. The van der Waals surface area contributed by atoms with Crippen molar-refractivity contribution < 1.29 is 15.0 Å². The third-order valence-corrected chi connectivity index (χ3v) is 3.06. The van der Waals surface area contributed by atoms with Crippen LogP contribution in [0.4, 0.5) is 0 Å². The third kappa shape index (κ3) is 1.85. The van der Waals surface area contributed by atoms with Gasteiger partial charge in [-0.2, -0.15) is 0 Å². The summed E-state index contributed by atoms with van der Waals surface area (Å²) in [4.78, 5) is 10.7. The predicted molar refractivity (Wildman–Crippen MR) is 55.9 cm³/mol. The standard InChI is InChI=1S/C11H11ClO3/c12-8-1-2-9-7(5-8)3-4-11(9,15)6-10(13)14/h1-2,5,15H,3-4,6H2,(H,13,14). The molecular weight excluding hydrogens is 216 g/mol. The summed E-state index contributed by atoms with van der Waals surface area (Å²) in [6.07, 6.45) is 0.885. The zero-order chi connectivity index (χ0) is 11.1. The van der Waals surface area contributed by atoms with Gasteiger partial charge in [-0.15, -0.1) is 0 Å². The van der Waals surface area contributed by atoms with Gasteiger partial charge in [0.05, 0.1) is 6.42 Å². The van der Waals surface area contributed by atoms with Gasteiger partial charge in [0.2, 0.25) is 0 Å². The molecule has 4 heteroatoms. The van der Waals surface area contributed by atoms with Crippen LogP contribution in [0.2, 0.25) is 5.02 Å². The SMILES string of the molecule is O=C(O)CC1(O)CCc2cc(Cl)ccc21. The molecule has 0 saturated carbocycles. The van der Waals surface area contributed by atoms with Crippen molar-refractivity contribution in [3.63, 3.8) is 0 Å². The normalized spacial score (nSPS) is 23.9. The van der Waals surface area contributed by atoms with E-state index >= 15 is 0 Å². The Balaban J connectivity index is 2.39. The minimum absolute atomic E-state index is 0.248. The number of carbonyl (C=O) groups is 1. The largest absolute Gasteiger partial charge is 0.481 e. The first kappa shape index (κ1) is 10.5. The van der Waals surface area contributed by atoms with Crippen molar-refractivity contribution in [2.24, 2.45) is 0 Å². The van der Waals surface area contributed by atoms with Gasteiger partial charge in [-0.3, -0.25) is 4.79 Å². The van der Waals surface area contributed by atoms with Crippen LogP contribution in [0.15, 0.2) is 18.2 Å². The van der Waals surface area contributed by atoms with E-state index in [4.69, 9.17) is 16.7 Å². The first-order chi connectivity index (χ1) is 7.01. The Morgan fingerprint density at radius 1 is 1.53 bits per heavy atom. The minimum atomic E-state index is -1.22. The molecule has 0 fully saturated rings. The van der Waals surface area contributed by atoms with Crippen molar-refractivity contribution in [3.8, 4) is 0 Å². The number of carboxylic acid groups (broad SMARTS) is 1. The summed E-state index contributed by atoms with van der Waals surface area (Å²) >= 11 is 5.82. The highest BCUT2D eigenvalue weighted by Gasteiger charge is 2.38. The van der Waals surface area contributed by atoms with E-state index in [1.165, 1.54) is 0 Å². The van der Waals surface area contributed by atoms with Gasteiger partial charge in [0.15, 0.2) is 0 Å². The van der Waals surface area contributed by atoms with E-state index in [1.54, 1.807) is 18.2 Å². The van der Waals surface area contributed by atoms with E-state index < -0.39 is 11.6 Å². The zero-order valence-electron chi connectivity index (χ0n) is 8.03. The van der Waals surface area contributed by atoms with E-state index in [0.29, 0.717) is 23.4 Å². The van der Waals surface area contributed by atoms with Crippen molar-refractivity contribution >= 4 is 17.6 Å². The molecule has 0 saturated heterocycles. The summed E-state index contributed by atoms with van der Waals surface area (Å²) in [5.41, 5.74) is 0.437. The average Bonchev–Trinajstić information content (AvgIpc) is 2.42. The third-order valence-electron chi connectivity index (χ3n) is 2.82. The number of carboxylic acids is 1. The summed E-state index contributed by atoms with van der Waals surface area (Å²) in [7, 11) is 0. The van der Waals surface area contributed by atoms with Crippen LogP contribution in [-0.2, 0) is 16.8 Å². The molecule has 0 radical (unpaired) electrons. The smallest absolute Gasteiger partial charge is 0.306 e. The summed E-state index contributed by atoms with van der Waals surface area (Å²) < 4.78 is 0. The van der Waals surface area contributed by atoms with Crippen molar-refractivity contribution in [1.29, 1.82) is 0 Å². The topological polar surface area (TPSA) is 57.5 Å². The highest BCUT2D eigenvalue weighted by Crippen LogP contribution is 2.40. The summed E-state index contributed by atoms with van der Waals surface area (Å²) in [6.45, 7) is 0. The molecule has 0 heterocycles. The second-order valence-corrected chi connectivity index (χ2v) is 4.34. The van der Waals surface area contributed by atoms with Crippen LogP contribution in [0.1, 0.15) is 24.0 Å². The molecule has 1 aromatic rings. The summed E-state index contributed by atoms with van der Waals surface area (Å²) in [6, 6.07) is 5.18. The molecule has 0 bridgehead atoms. The Morgan fingerprint density at radius 2 is 2.27 bits per heavy atom. The molecule has 1 aliphatic rings. The van der Waals surface area contributed by atoms with Crippen LogP contribution >= 0.6 is 11.6 Å². The summed E-state index contributed by atoms with van der Waals surface area (Å²) in [5.74, 6) is -0.986. The van der Waals surface area contributed by atoms with Crippen LogP contribution in [0.5, 0.6) is 0 Å². The van der Waals surface area contributed by atoms with E-state index in [2.05, 4.69) is 0 Å². The Morgan fingerprint density at radius 3 is 2.93 bits per heavy atom. The van der Waals surface area contributed by atoms with Crippen molar-refractivity contribution in [1.82, 2.24) is 0 Å². The van der Waals surface area contributed by atoms with Crippen molar-refractivity contribution in [2.45, 2.75) is 24.9 Å². The molecule has 0 aromatic heterocycles. The maximum absolute atomic E-state index is 10.7. The maximum Gasteiger partial charge on any atom is 0.306 e. The Kier molecular flexibility index (Phi) is 2.44. The highest BCUT2D eigenvalue weighted by molar-refractivity contribution is 6.30. The number of rotatable bonds is 2. The molecule has 2 N–H and O–H groups in total. The Bertz CT molecular complexity index is 416. The van der Waals surface area contributed by atoms with Gasteiger partial charge in [-0.25, -0.2) is 0 Å². The number of aliphatic hydroxyl groups is 1. The second kappa shape index (κ2) is 3.51. The molecule has 1 aromatic carbocycles. The molecular formula is C11H11ClO3. The van der Waals surface area contributed by atoms with Crippen LogP contribution in [-0.4, -0.2) is 16.2 Å². The van der Waals surface area contributed by atoms with E-state index in [1.807, 2.05) is 0 Å². The van der Waals surface area contributed by atoms with Crippen LogP contribution < -0.4 is 0 Å². The van der Waals surface area contributed by atoms with Gasteiger partial charge >= 0.3 is 5.97 Å².